The normalized spacial score (nSPS) is 15.9. The van der Waals surface area contributed by atoms with Gasteiger partial charge in [0.05, 0.1) is 18.7 Å². The lowest BCUT2D eigenvalue weighted by Gasteiger charge is -2.08. The van der Waals surface area contributed by atoms with Gasteiger partial charge in [-0.05, 0) is 54.3 Å². The minimum atomic E-state index is -0.540. The number of rotatable bonds is 6. The first-order chi connectivity index (χ1) is 19.7. The molecule has 0 spiro atoms. The van der Waals surface area contributed by atoms with Crippen molar-refractivity contribution in [2.45, 2.75) is 38.1 Å². The lowest BCUT2D eigenvalue weighted by atomic mass is 10.1. The fraction of sp³-hybridized carbons (Fsp3) is 0.222. The Hall–Kier alpha value is -4.40. The van der Waals surface area contributed by atoms with E-state index in [4.69, 9.17) is 6.85 Å². The average Bonchev–Trinajstić information content (AvgIpc) is 3.74. The third-order valence-electron chi connectivity index (χ3n) is 6.31. The molecule has 5 aromatic rings. The molecule has 0 radical (unpaired) electrons. The van der Waals surface area contributed by atoms with E-state index in [2.05, 4.69) is 30.4 Å². The van der Waals surface area contributed by atoms with Crippen molar-refractivity contribution in [1.29, 1.82) is 0 Å². The van der Waals surface area contributed by atoms with Crippen LogP contribution in [-0.2, 0) is 6.54 Å². The molecule has 1 amide bonds. The number of imidazole rings is 1. The number of nitrogens with one attached hydrogen (secondary N) is 2. The molecule has 2 aromatic carbocycles. The van der Waals surface area contributed by atoms with E-state index in [1.54, 1.807) is 6.07 Å². The molecular formula is C27H24FN7O. The molecule has 1 aliphatic rings. The Morgan fingerprint density at radius 1 is 1.14 bits per heavy atom. The Morgan fingerprint density at radius 3 is 2.81 bits per heavy atom. The first-order valence-corrected chi connectivity index (χ1v) is 11.6. The monoisotopic (exact) mass is 486 g/mol. The molecule has 0 saturated heterocycles. The largest absolute Gasteiger partial charge is 0.347 e. The van der Waals surface area contributed by atoms with Gasteiger partial charge in [-0.15, -0.1) is 0 Å². The van der Waals surface area contributed by atoms with Crippen LogP contribution in [-0.4, -0.2) is 35.6 Å². The minimum Gasteiger partial charge on any atom is -0.347 e. The van der Waals surface area contributed by atoms with Crippen LogP contribution in [0.3, 0.4) is 0 Å². The van der Waals surface area contributed by atoms with Crippen molar-refractivity contribution in [1.82, 2.24) is 35.0 Å². The van der Waals surface area contributed by atoms with Gasteiger partial charge >= 0.3 is 0 Å². The molecule has 1 fully saturated rings. The summed E-state index contributed by atoms with van der Waals surface area (Å²) in [6, 6.07) is 2.00. The fourth-order valence-electron chi connectivity index (χ4n) is 4.55. The number of carbonyl (C=O) groups is 1. The van der Waals surface area contributed by atoms with Crippen LogP contribution in [0.5, 0.6) is 0 Å². The molecular weight excluding hydrogens is 457 g/mol. The predicted octanol–water partition coefficient (Wildman–Crippen LogP) is 4.93. The van der Waals surface area contributed by atoms with E-state index < -0.39 is 41.9 Å². The molecule has 180 valence electrons. The third kappa shape index (κ3) is 4.35. The van der Waals surface area contributed by atoms with E-state index in [1.165, 1.54) is 35.5 Å². The number of nitrogens with zero attached hydrogens (tertiary/aromatic N) is 5. The average molecular weight is 487 g/mol. The lowest BCUT2D eigenvalue weighted by Crippen LogP contribution is -2.24. The molecule has 2 N–H and O–H groups in total. The van der Waals surface area contributed by atoms with E-state index in [0.29, 0.717) is 33.8 Å². The van der Waals surface area contributed by atoms with Gasteiger partial charge in [0, 0.05) is 24.2 Å². The van der Waals surface area contributed by atoms with Crippen molar-refractivity contribution in [2.75, 3.05) is 0 Å². The lowest BCUT2D eigenvalue weighted by molar-refractivity contribution is 0.0947. The van der Waals surface area contributed by atoms with Gasteiger partial charge in [-0.1, -0.05) is 31.0 Å². The van der Waals surface area contributed by atoms with Crippen LogP contribution < -0.4 is 5.32 Å². The van der Waals surface area contributed by atoms with Crippen molar-refractivity contribution >= 4 is 17.1 Å². The summed E-state index contributed by atoms with van der Waals surface area (Å²) in [5.41, 5.74) is 2.31. The summed E-state index contributed by atoms with van der Waals surface area (Å²) in [6.07, 6.45) is 8.54. The first-order valence-electron chi connectivity index (χ1n) is 14.1. The van der Waals surface area contributed by atoms with Crippen LogP contribution in [0.1, 0.15) is 60.3 Å². The number of para-hydroxylation sites is 1. The number of hydrogen-bond acceptors (Lipinski definition) is 5. The van der Waals surface area contributed by atoms with Gasteiger partial charge in [-0.3, -0.25) is 4.79 Å². The number of halogens is 1. The SMILES string of the molecule is [2H]c1c([2H])c([2H])c(-n2cc(-c3cc(F)cc(CNC(=O)c4ncnc5nc(C6CCCC6)[nH]c45)c3)cn2)c([2H])c1[2H]. The topological polar surface area (TPSA) is 101 Å². The third-order valence-corrected chi connectivity index (χ3v) is 6.31. The van der Waals surface area contributed by atoms with Crippen LogP contribution >= 0.6 is 0 Å². The van der Waals surface area contributed by atoms with Crippen molar-refractivity contribution in [2.24, 2.45) is 0 Å². The van der Waals surface area contributed by atoms with E-state index >= 15 is 0 Å². The van der Waals surface area contributed by atoms with Crippen LogP contribution in [0.2, 0.25) is 0 Å². The second-order valence-electron chi connectivity index (χ2n) is 8.70. The maximum atomic E-state index is 14.6. The Balaban J connectivity index is 1.23. The Labute approximate surface area is 213 Å². The quantitative estimate of drug-likeness (QED) is 0.354. The van der Waals surface area contributed by atoms with E-state index in [0.717, 1.165) is 31.5 Å². The van der Waals surface area contributed by atoms with Crippen molar-refractivity contribution in [3.8, 4) is 16.8 Å². The summed E-state index contributed by atoms with van der Waals surface area (Å²) >= 11 is 0. The number of hydrogen-bond donors (Lipinski definition) is 2. The number of benzene rings is 2. The zero-order valence-electron chi connectivity index (χ0n) is 24.1. The number of aromatic nitrogens is 6. The molecule has 0 aliphatic heterocycles. The molecule has 3 aromatic heterocycles. The highest BCUT2D eigenvalue weighted by Gasteiger charge is 2.23. The molecule has 3 heterocycles. The zero-order chi connectivity index (χ0) is 28.8. The maximum Gasteiger partial charge on any atom is 0.272 e. The smallest absolute Gasteiger partial charge is 0.272 e. The van der Waals surface area contributed by atoms with Crippen molar-refractivity contribution in [3.05, 3.63) is 90.0 Å². The van der Waals surface area contributed by atoms with Crippen molar-refractivity contribution < 1.29 is 16.0 Å². The van der Waals surface area contributed by atoms with Crippen LogP contribution in [0, 0.1) is 5.82 Å². The van der Waals surface area contributed by atoms with Gasteiger partial charge < -0.3 is 10.3 Å². The van der Waals surface area contributed by atoms with Crippen molar-refractivity contribution in [3.63, 3.8) is 0 Å². The Morgan fingerprint density at radius 2 is 1.97 bits per heavy atom. The summed E-state index contributed by atoms with van der Waals surface area (Å²) in [7, 11) is 0. The standard InChI is InChI=1S/C27H24FN7O/c28-21-11-17(10-19(12-21)20-14-32-35(15-20)22-8-2-1-3-9-22)13-29-27(36)24-23-26(31-16-30-24)34-25(33-23)18-6-4-5-7-18/h1-3,8-12,14-16,18H,4-7,13H2,(H,29,36)(H,30,31,33,34)/i1D,2D,3D,8D,9D. The molecule has 36 heavy (non-hydrogen) atoms. The molecule has 0 atom stereocenters. The minimum absolute atomic E-state index is 0.00987. The van der Waals surface area contributed by atoms with E-state index in [-0.39, 0.29) is 17.9 Å². The molecule has 8 nitrogen and oxygen atoms in total. The van der Waals surface area contributed by atoms with Crippen LogP contribution in [0.15, 0.2) is 67.1 Å². The molecule has 1 saturated carbocycles. The number of H-pyrrole nitrogens is 1. The predicted molar refractivity (Wildman–Crippen MR) is 133 cm³/mol. The summed E-state index contributed by atoms with van der Waals surface area (Å²) in [4.78, 5) is 29.2. The fourth-order valence-corrected chi connectivity index (χ4v) is 4.55. The summed E-state index contributed by atoms with van der Waals surface area (Å²) in [6.45, 7) is 0.00987. The Kier molecular flexibility index (Phi) is 4.43. The Bertz CT molecular complexity index is 1790. The highest BCUT2D eigenvalue weighted by atomic mass is 19.1. The maximum absolute atomic E-state index is 14.6. The molecule has 0 unspecified atom stereocenters. The first kappa shape index (κ1) is 17.1. The number of aromatic amines is 1. The highest BCUT2D eigenvalue weighted by molar-refractivity contribution is 6.02. The van der Waals surface area contributed by atoms with Crippen LogP contribution in [0.4, 0.5) is 4.39 Å². The molecule has 1 aliphatic carbocycles. The van der Waals surface area contributed by atoms with Gasteiger partial charge in [0.2, 0.25) is 0 Å². The number of carbonyl (C=O) groups excluding carboxylic acids is 1. The van der Waals surface area contributed by atoms with Gasteiger partial charge in [0.15, 0.2) is 11.3 Å². The molecule has 9 heteroatoms. The van der Waals surface area contributed by atoms with Gasteiger partial charge in [0.25, 0.3) is 5.91 Å². The number of amides is 1. The second-order valence-corrected chi connectivity index (χ2v) is 8.70. The number of fused-ring (bicyclic) bond motifs is 1. The zero-order valence-corrected chi connectivity index (χ0v) is 19.1. The van der Waals surface area contributed by atoms with E-state index in [9.17, 15) is 9.18 Å². The van der Waals surface area contributed by atoms with Crippen LogP contribution in [0.25, 0.3) is 28.0 Å². The van der Waals surface area contributed by atoms with Gasteiger partial charge in [-0.2, -0.15) is 5.10 Å². The molecule has 0 bridgehead atoms. The van der Waals surface area contributed by atoms with E-state index in [1.807, 2.05) is 0 Å². The highest BCUT2D eigenvalue weighted by Crippen LogP contribution is 2.33. The van der Waals surface area contributed by atoms with Gasteiger partial charge in [0.1, 0.15) is 23.5 Å². The second kappa shape index (κ2) is 9.33. The summed E-state index contributed by atoms with van der Waals surface area (Å²) in [5, 5.41) is 6.94. The van der Waals surface area contributed by atoms with Gasteiger partial charge in [-0.25, -0.2) is 24.0 Å². The summed E-state index contributed by atoms with van der Waals surface area (Å²) in [5.74, 6) is 0.127. The summed E-state index contributed by atoms with van der Waals surface area (Å²) < 4.78 is 55.7. The molecule has 6 rings (SSSR count).